The molecular weight excluding hydrogens is 350 g/mol. The Hall–Kier alpha value is -2.12. The van der Waals surface area contributed by atoms with Gasteiger partial charge in [-0.2, -0.15) is 0 Å². The molecule has 0 atom stereocenters. The highest BCUT2D eigenvalue weighted by Crippen LogP contribution is 2.29. The summed E-state index contributed by atoms with van der Waals surface area (Å²) in [4.78, 5) is 31.2. The molecule has 0 fully saturated rings. The predicted octanol–water partition coefficient (Wildman–Crippen LogP) is 3.56. The van der Waals surface area contributed by atoms with Gasteiger partial charge in [-0.3, -0.25) is 10.1 Å². The number of hydrogen-bond donors (Lipinski definition) is 1. The fourth-order valence-corrected chi connectivity index (χ4v) is 3.71. The normalized spacial score (nSPS) is 13.3. The fourth-order valence-electron chi connectivity index (χ4n) is 2.48. The Bertz CT molecular complexity index is 778. The van der Waals surface area contributed by atoms with Gasteiger partial charge in [0, 0.05) is 17.8 Å². The van der Waals surface area contributed by atoms with Crippen molar-refractivity contribution in [3.05, 3.63) is 45.4 Å². The third-order valence-corrected chi connectivity index (χ3v) is 4.93. The molecule has 1 aromatic heterocycles. The average molecular weight is 366 g/mol. The molecule has 0 spiro atoms. The highest BCUT2D eigenvalue weighted by atomic mass is 35.5. The van der Waals surface area contributed by atoms with Crippen LogP contribution in [0, 0.1) is 0 Å². The van der Waals surface area contributed by atoms with Gasteiger partial charge in [0.2, 0.25) is 0 Å². The van der Waals surface area contributed by atoms with E-state index < -0.39 is 6.09 Å². The van der Waals surface area contributed by atoms with Crippen molar-refractivity contribution >= 4 is 40.1 Å². The number of halogens is 1. The molecule has 0 unspecified atom stereocenters. The van der Waals surface area contributed by atoms with Crippen LogP contribution < -0.4 is 5.32 Å². The van der Waals surface area contributed by atoms with Crippen LogP contribution in [0.4, 0.5) is 9.93 Å². The zero-order chi connectivity index (χ0) is 17.1. The summed E-state index contributed by atoms with van der Waals surface area (Å²) in [5.41, 5.74) is 1.41. The van der Waals surface area contributed by atoms with Gasteiger partial charge in [0.05, 0.1) is 29.4 Å². The van der Waals surface area contributed by atoms with Crippen LogP contribution in [-0.2, 0) is 17.7 Å². The first kappa shape index (κ1) is 16.7. The minimum Gasteiger partial charge on any atom is -0.450 e. The molecule has 2 aromatic rings. The Balaban J connectivity index is 1.73. The zero-order valence-electron chi connectivity index (χ0n) is 13.0. The lowest BCUT2D eigenvalue weighted by Crippen LogP contribution is -2.35. The molecule has 0 saturated heterocycles. The summed E-state index contributed by atoms with van der Waals surface area (Å²) in [6, 6.07) is 7.02. The van der Waals surface area contributed by atoms with Gasteiger partial charge in [-0.1, -0.05) is 35.1 Å². The van der Waals surface area contributed by atoms with Crippen molar-refractivity contribution in [2.75, 3.05) is 18.5 Å². The molecule has 0 aliphatic carbocycles. The topological polar surface area (TPSA) is 71.5 Å². The Morgan fingerprint density at radius 3 is 2.96 bits per heavy atom. The second-order valence-corrected chi connectivity index (χ2v) is 6.68. The minimum atomic E-state index is -0.521. The summed E-state index contributed by atoms with van der Waals surface area (Å²) in [5, 5.41) is 3.54. The van der Waals surface area contributed by atoms with E-state index in [2.05, 4.69) is 10.3 Å². The Morgan fingerprint density at radius 2 is 2.21 bits per heavy atom. The van der Waals surface area contributed by atoms with E-state index >= 15 is 0 Å². The molecule has 3 rings (SSSR count). The molecule has 1 aliphatic rings. The molecule has 24 heavy (non-hydrogen) atoms. The van der Waals surface area contributed by atoms with Crippen molar-refractivity contribution in [1.29, 1.82) is 0 Å². The van der Waals surface area contributed by atoms with Crippen LogP contribution in [0.15, 0.2) is 24.3 Å². The minimum absolute atomic E-state index is 0.0976. The summed E-state index contributed by atoms with van der Waals surface area (Å²) in [6.45, 7) is 3.07. The highest BCUT2D eigenvalue weighted by Gasteiger charge is 2.26. The third kappa shape index (κ3) is 3.52. The number of ether oxygens (including phenoxy) is 1. The maximum atomic E-state index is 12.6. The Labute approximate surface area is 148 Å². The van der Waals surface area contributed by atoms with Crippen LogP contribution in [0.2, 0.25) is 5.02 Å². The van der Waals surface area contributed by atoms with Gasteiger partial charge in [-0.15, -0.1) is 0 Å². The van der Waals surface area contributed by atoms with Crippen molar-refractivity contribution < 1.29 is 14.3 Å². The summed E-state index contributed by atoms with van der Waals surface area (Å²) in [7, 11) is 0. The monoisotopic (exact) mass is 365 g/mol. The van der Waals surface area contributed by atoms with Crippen LogP contribution in [0.1, 0.15) is 27.9 Å². The predicted molar refractivity (Wildman–Crippen MR) is 92.7 cm³/mol. The van der Waals surface area contributed by atoms with E-state index in [0.717, 1.165) is 10.6 Å². The number of nitrogens with zero attached hydrogens (tertiary/aromatic N) is 2. The summed E-state index contributed by atoms with van der Waals surface area (Å²) >= 11 is 7.47. The summed E-state index contributed by atoms with van der Waals surface area (Å²) in [6.07, 6.45) is 0.125. The van der Waals surface area contributed by atoms with Gasteiger partial charge in [0.25, 0.3) is 5.91 Å². The molecule has 2 heterocycles. The number of thiazole rings is 1. The van der Waals surface area contributed by atoms with Crippen molar-refractivity contribution in [3.63, 3.8) is 0 Å². The number of anilines is 1. The number of benzene rings is 1. The number of carbonyl (C=O) groups excluding carboxylic acids is 2. The maximum Gasteiger partial charge on any atom is 0.413 e. The molecular formula is C16H16ClN3O3S. The second kappa shape index (κ2) is 7.19. The lowest BCUT2D eigenvalue weighted by molar-refractivity contribution is 0.0736. The Kier molecular flexibility index (Phi) is 5.01. The average Bonchev–Trinajstić information content (AvgIpc) is 2.96. The molecule has 1 aromatic carbocycles. The number of aromatic nitrogens is 1. The third-order valence-electron chi connectivity index (χ3n) is 3.61. The number of fused-ring (bicyclic) bond motifs is 1. The first-order chi connectivity index (χ1) is 11.6. The number of hydrogen-bond acceptors (Lipinski definition) is 5. The molecule has 2 amide bonds. The fraction of sp³-hybridized carbons (Fsp3) is 0.312. The van der Waals surface area contributed by atoms with E-state index in [9.17, 15) is 9.59 Å². The van der Waals surface area contributed by atoms with Crippen LogP contribution in [0.25, 0.3) is 0 Å². The molecule has 1 N–H and O–H groups in total. The lowest BCUT2D eigenvalue weighted by atomic mass is 10.1. The van der Waals surface area contributed by atoms with Gasteiger partial charge in [-0.05, 0) is 19.1 Å². The van der Waals surface area contributed by atoms with Gasteiger partial charge >= 0.3 is 6.09 Å². The van der Waals surface area contributed by atoms with E-state index in [4.69, 9.17) is 16.3 Å². The second-order valence-electron chi connectivity index (χ2n) is 5.19. The van der Waals surface area contributed by atoms with Crippen LogP contribution >= 0.6 is 22.9 Å². The Morgan fingerprint density at radius 1 is 1.42 bits per heavy atom. The molecule has 126 valence electrons. The van der Waals surface area contributed by atoms with E-state index in [1.54, 1.807) is 36.1 Å². The summed E-state index contributed by atoms with van der Waals surface area (Å²) < 4.78 is 4.85. The van der Waals surface area contributed by atoms with Crippen LogP contribution in [-0.4, -0.2) is 35.0 Å². The SMILES string of the molecule is CCOC(=O)Nc1nc2c(s1)CN(C(=O)c1ccccc1Cl)CC2. The van der Waals surface area contributed by atoms with E-state index in [1.165, 1.54) is 11.3 Å². The van der Waals surface area contributed by atoms with Crippen LogP contribution in [0.3, 0.4) is 0 Å². The van der Waals surface area contributed by atoms with Crippen molar-refractivity contribution in [2.24, 2.45) is 0 Å². The molecule has 8 heteroatoms. The number of rotatable bonds is 3. The van der Waals surface area contributed by atoms with E-state index in [1.807, 2.05) is 0 Å². The summed E-state index contributed by atoms with van der Waals surface area (Å²) in [5.74, 6) is -0.0976. The standard InChI is InChI=1S/C16H16ClN3O3S/c1-2-23-16(22)19-15-18-12-7-8-20(9-13(12)24-15)14(21)10-5-3-4-6-11(10)17/h3-6H,2,7-9H2,1H3,(H,18,19,22). The first-order valence-corrected chi connectivity index (χ1v) is 8.74. The van der Waals surface area contributed by atoms with Gasteiger partial charge in [0.15, 0.2) is 5.13 Å². The maximum absolute atomic E-state index is 12.6. The molecule has 1 aliphatic heterocycles. The van der Waals surface area contributed by atoms with Crippen LogP contribution in [0.5, 0.6) is 0 Å². The first-order valence-electron chi connectivity index (χ1n) is 7.54. The van der Waals surface area contributed by atoms with Gasteiger partial charge in [0.1, 0.15) is 0 Å². The van der Waals surface area contributed by atoms with Crippen molar-refractivity contribution in [3.8, 4) is 0 Å². The quantitative estimate of drug-likeness (QED) is 0.902. The van der Waals surface area contributed by atoms with Gasteiger partial charge in [-0.25, -0.2) is 9.78 Å². The number of carbonyl (C=O) groups is 2. The number of nitrogens with one attached hydrogen (secondary N) is 1. The smallest absolute Gasteiger partial charge is 0.413 e. The number of amides is 2. The van der Waals surface area contributed by atoms with E-state index in [-0.39, 0.29) is 5.91 Å². The largest absolute Gasteiger partial charge is 0.450 e. The van der Waals surface area contributed by atoms with E-state index in [0.29, 0.717) is 41.8 Å². The molecule has 0 radical (unpaired) electrons. The molecule has 6 nitrogen and oxygen atoms in total. The highest BCUT2D eigenvalue weighted by molar-refractivity contribution is 7.15. The lowest BCUT2D eigenvalue weighted by Gasteiger charge is -2.26. The molecule has 0 bridgehead atoms. The van der Waals surface area contributed by atoms with Crippen molar-refractivity contribution in [2.45, 2.75) is 19.9 Å². The van der Waals surface area contributed by atoms with Crippen molar-refractivity contribution in [1.82, 2.24) is 9.88 Å². The van der Waals surface area contributed by atoms with Gasteiger partial charge < -0.3 is 9.64 Å². The molecule has 0 saturated carbocycles. The zero-order valence-corrected chi connectivity index (χ0v) is 14.6.